The van der Waals surface area contributed by atoms with Crippen molar-refractivity contribution in [2.75, 3.05) is 19.0 Å². The molecule has 1 spiro atoms. The summed E-state index contributed by atoms with van der Waals surface area (Å²) >= 11 is 11.6. The topological polar surface area (TPSA) is 98.7 Å². The number of aliphatic hydroxyl groups is 1. The van der Waals surface area contributed by atoms with Gasteiger partial charge in [-0.25, -0.2) is 0 Å². The predicted octanol–water partition coefficient (Wildman–Crippen LogP) is 3.09. The van der Waals surface area contributed by atoms with Crippen LogP contribution in [0, 0.1) is 11.8 Å². The molecule has 0 radical (unpaired) electrons. The maximum atomic E-state index is 14.1. The van der Waals surface area contributed by atoms with Crippen LogP contribution in [0.1, 0.15) is 12.0 Å². The first-order chi connectivity index (χ1) is 17.3. The van der Waals surface area contributed by atoms with Gasteiger partial charge >= 0.3 is 0 Å². The Labute approximate surface area is 227 Å². The molecule has 10 heteroatoms. The fourth-order valence-electron chi connectivity index (χ4n) is 6.13. The highest BCUT2D eigenvalue weighted by molar-refractivity contribution is 9.09. The SMILES string of the molecule is CNC(=O)[C@H]1[C@@H]2SC3(CC2Br)C(C(=O)Nc2ccccc2Cl)N([C@@H](CO)Cc2ccccc2)C(=O)[C@H]13. The largest absolute Gasteiger partial charge is 0.394 e. The number of benzene rings is 2. The van der Waals surface area contributed by atoms with Crippen molar-refractivity contribution in [3.8, 4) is 0 Å². The number of alkyl halides is 1. The van der Waals surface area contributed by atoms with Crippen LogP contribution in [0.4, 0.5) is 5.69 Å². The van der Waals surface area contributed by atoms with E-state index in [9.17, 15) is 19.5 Å². The molecule has 3 aliphatic heterocycles. The summed E-state index contributed by atoms with van der Waals surface area (Å²) in [5.41, 5.74) is 1.40. The number of para-hydroxylation sites is 1. The zero-order valence-electron chi connectivity index (χ0n) is 19.6. The van der Waals surface area contributed by atoms with Gasteiger partial charge in [-0.3, -0.25) is 14.4 Å². The minimum atomic E-state index is -0.878. The van der Waals surface area contributed by atoms with Crippen LogP contribution in [0.2, 0.25) is 5.02 Å². The van der Waals surface area contributed by atoms with Crippen LogP contribution in [0.25, 0.3) is 0 Å². The smallest absolute Gasteiger partial charge is 0.248 e. The molecule has 3 amide bonds. The van der Waals surface area contributed by atoms with E-state index in [1.807, 2.05) is 30.3 Å². The van der Waals surface area contributed by atoms with Crippen LogP contribution >= 0.6 is 39.3 Å². The molecular weight excluding hydrogens is 566 g/mol. The second-order valence-corrected chi connectivity index (χ2v) is 12.6. The number of thioether (sulfide) groups is 1. The Balaban J connectivity index is 1.58. The van der Waals surface area contributed by atoms with E-state index < -0.39 is 28.7 Å². The van der Waals surface area contributed by atoms with E-state index in [1.54, 1.807) is 48.0 Å². The van der Waals surface area contributed by atoms with Crippen molar-refractivity contribution >= 4 is 62.7 Å². The molecule has 190 valence electrons. The molecule has 0 aromatic heterocycles. The predicted molar refractivity (Wildman–Crippen MR) is 144 cm³/mol. The standard InChI is InChI=1S/C26H27BrClN3O4S/c1-29-23(33)19-20-25(35)31(15(13-32)11-14-7-3-2-4-8-14)22(26(20)12-16(27)21(19)36-26)24(34)30-18-10-6-5-9-17(18)28/h2-10,15-16,19-22,32H,11-13H2,1H3,(H,29,33)(H,30,34)/t15-,16?,19-,20+,21-,22?,26?/m1/s1. The third kappa shape index (κ3) is 4.04. The van der Waals surface area contributed by atoms with E-state index in [2.05, 4.69) is 26.6 Å². The molecule has 5 rings (SSSR count). The molecule has 2 aromatic carbocycles. The zero-order valence-corrected chi connectivity index (χ0v) is 22.7. The lowest BCUT2D eigenvalue weighted by atomic mass is 9.70. The van der Waals surface area contributed by atoms with Gasteiger partial charge in [-0.2, -0.15) is 0 Å². The first-order valence-electron chi connectivity index (χ1n) is 11.9. The molecule has 7 nitrogen and oxygen atoms in total. The number of likely N-dealkylation sites (tertiary alicyclic amines) is 1. The quantitative estimate of drug-likeness (QED) is 0.430. The molecule has 36 heavy (non-hydrogen) atoms. The number of hydrogen-bond acceptors (Lipinski definition) is 5. The average Bonchev–Trinajstić information content (AvgIpc) is 3.47. The second kappa shape index (κ2) is 10.0. The van der Waals surface area contributed by atoms with Crippen molar-refractivity contribution < 1.29 is 19.5 Å². The average molecular weight is 593 g/mol. The molecule has 3 aliphatic rings. The van der Waals surface area contributed by atoms with Gasteiger partial charge in [0.25, 0.3) is 0 Å². The Morgan fingerprint density at radius 2 is 1.89 bits per heavy atom. The molecule has 2 aromatic rings. The third-order valence-corrected chi connectivity index (χ3v) is 11.1. The van der Waals surface area contributed by atoms with E-state index in [4.69, 9.17) is 11.6 Å². The highest BCUT2D eigenvalue weighted by Gasteiger charge is 2.76. The van der Waals surface area contributed by atoms with Crippen molar-refractivity contribution in [2.45, 2.75) is 39.7 Å². The monoisotopic (exact) mass is 591 g/mol. The third-order valence-electron chi connectivity index (χ3n) is 7.57. The van der Waals surface area contributed by atoms with Crippen LogP contribution in [-0.4, -0.2) is 68.3 Å². The summed E-state index contributed by atoms with van der Waals surface area (Å²) in [4.78, 5) is 42.7. The van der Waals surface area contributed by atoms with E-state index in [-0.39, 0.29) is 34.4 Å². The molecule has 3 N–H and O–H groups in total. The van der Waals surface area contributed by atoms with Gasteiger partial charge in [0.2, 0.25) is 17.7 Å². The molecule has 0 aliphatic carbocycles. The van der Waals surface area contributed by atoms with E-state index >= 15 is 0 Å². The fourth-order valence-corrected chi connectivity index (χ4v) is 9.91. The highest BCUT2D eigenvalue weighted by Crippen LogP contribution is 2.68. The number of amides is 3. The maximum Gasteiger partial charge on any atom is 0.248 e. The van der Waals surface area contributed by atoms with E-state index in [0.29, 0.717) is 23.6 Å². The Hall–Kier alpha value is -2.07. The molecular formula is C26H27BrClN3O4S. The summed E-state index contributed by atoms with van der Waals surface area (Å²) in [6.45, 7) is -0.310. The van der Waals surface area contributed by atoms with Crippen molar-refractivity contribution in [3.05, 3.63) is 65.2 Å². The number of aliphatic hydroxyl groups excluding tert-OH is 1. The number of fused-ring (bicyclic) bond motifs is 1. The minimum Gasteiger partial charge on any atom is -0.394 e. The van der Waals surface area contributed by atoms with Gasteiger partial charge in [-0.1, -0.05) is 70.0 Å². The van der Waals surface area contributed by atoms with E-state index in [1.165, 1.54) is 0 Å². The fraction of sp³-hybridized carbons (Fsp3) is 0.423. The van der Waals surface area contributed by atoms with Crippen molar-refractivity contribution in [1.29, 1.82) is 0 Å². The van der Waals surface area contributed by atoms with Gasteiger partial charge in [0.1, 0.15) is 6.04 Å². The summed E-state index contributed by atoms with van der Waals surface area (Å²) in [6.07, 6.45) is 0.949. The number of nitrogens with zero attached hydrogens (tertiary/aromatic N) is 1. The van der Waals surface area contributed by atoms with Crippen molar-refractivity contribution in [3.63, 3.8) is 0 Å². The summed E-state index contributed by atoms with van der Waals surface area (Å²) in [5, 5.41) is 16.4. The van der Waals surface area contributed by atoms with Gasteiger partial charge in [-0.15, -0.1) is 11.8 Å². The summed E-state index contributed by atoms with van der Waals surface area (Å²) in [6, 6.07) is 15.0. The van der Waals surface area contributed by atoms with Crippen LogP contribution in [0.5, 0.6) is 0 Å². The molecule has 7 atom stereocenters. The number of rotatable bonds is 7. The number of carbonyl (C=O) groups is 3. The maximum absolute atomic E-state index is 14.1. The number of halogens is 2. The van der Waals surface area contributed by atoms with E-state index in [0.717, 1.165) is 5.56 Å². The Kier molecular flexibility index (Phi) is 7.11. The molecule has 0 saturated carbocycles. The molecule has 2 bridgehead atoms. The number of anilines is 1. The van der Waals surface area contributed by atoms with Crippen LogP contribution in [-0.2, 0) is 20.8 Å². The lowest BCUT2D eigenvalue weighted by molar-refractivity contribution is -0.141. The zero-order chi connectivity index (χ0) is 25.6. The lowest BCUT2D eigenvalue weighted by Gasteiger charge is -2.37. The minimum absolute atomic E-state index is 0.0221. The molecule has 3 heterocycles. The van der Waals surface area contributed by atoms with Crippen molar-refractivity contribution in [1.82, 2.24) is 10.2 Å². The van der Waals surface area contributed by atoms with Crippen LogP contribution in [0.15, 0.2) is 54.6 Å². The van der Waals surface area contributed by atoms with Gasteiger partial charge in [0, 0.05) is 17.1 Å². The lowest BCUT2D eigenvalue weighted by Crippen LogP contribution is -2.55. The first kappa shape index (κ1) is 25.6. The van der Waals surface area contributed by atoms with Gasteiger partial charge < -0.3 is 20.6 Å². The second-order valence-electron chi connectivity index (χ2n) is 9.52. The number of carbonyl (C=O) groups excluding carboxylic acids is 3. The Morgan fingerprint density at radius 1 is 1.19 bits per heavy atom. The summed E-state index contributed by atoms with van der Waals surface area (Å²) in [7, 11) is 1.57. The van der Waals surface area contributed by atoms with Gasteiger partial charge in [0.15, 0.2) is 0 Å². The molecule has 3 unspecified atom stereocenters. The van der Waals surface area contributed by atoms with Crippen LogP contribution < -0.4 is 10.6 Å². The van der Waals surface area contributed by atoms with Gasteiger partial charge in [-0.05, 0) is 30.5 Å². The molecule has 3 saturated heterocycles. The van der Waals surface area contributed by atoms with Crippen molar-refractivity contribution in [2.24, 2.45) is 11.8 Å². The molecule has 3 fully saturated rings. The van der Waals surface area contributed by atoms with Gasteiger partial charge in [0.05, 0.1) is 39.9 Å². The Morgan fingerprint density at radius 3 is 2.56 bits per heavy atom. The highest BCUT2D eigenvalue weighted by atomic mass is 79.9. The number of hydrogen-bond donors (Lipinski definition) is 3. The van der Waals surface area contributed by atoms with Crippen LogP contribution in [0.3, 0.4) is 0 Å². The summed E-state index contributed by atoms with van der Waals surface area (Å²) in [5.74, 6) is -2.05. The number of nitrogens with one attached hydrogen (secondary N) is 2. The normalized spacial score (nSPS) is 31.3. The first-order valence-corrected chi connectivity index (χ1v) is 14.1. The summed E-state index contributed by atoms with van der Waals surface area (Å²) < 4.78 is -0.803. The Bertz CT molecular complexity index is 1190.